The molecule has 194 valence electrons. The molecule has 0 aromatic heterocycles. The van der Waals surface area contributed by atoms with Gasteiger partial charge in [0, 0.05) is 44.8 Å². The summed E-state index contributed by atoms with van der Waals surface area (Å²) in [6.45, 7) is 5.95. The number of hydrogen-bond donors (Lipinski definition) is 2. The van der Waals surface area contributed by atoms with Gasteiger partial charge in [-0.05, 0) is 56.6 Å². The van der Waals surface area contributed by atoms with Crippen LogP contribution in [-0.4, -0.2) is 86.5 Å². The molecule has 0 radical (unpaired) electrons. The minimum absolute atomic E-state index is 0.113. The van der Waals surface area contributed by atoms with Gasteiger partial charge in [0.05, 0.1) is 4.90 Å². The Hall–Kier alpha value is -2.95. The first-order valence-electron chi connectivity index (χ1n) is 12.3. The molecule has 2 heterocycles. The monoisotopic (exact) mass is 514 g/mol. The van der Waals surface area contributed by atoms with Crippen molar-refractivity contribution in [3.05, 3.63) is 59.7 Å². The second-order valence-electron chi connectivity index (χ2n) is 9.65. The van der Waals surface area contributed by atoms with Crippen molar-refractivity contribution in [3.8, 4) is 0 Å². The molecule has 1 amide bonds. The number of carboxylic acids is 1. The van der Waals surface area contributed by atoms with Crippen LogP contribution >= 0.6 is 0 Å². The van der Waals surface area contributed by atoms with Crippen LogP contribution in [0.25, 0.3) is 0 Å². The van der Waals surface area contributed by atoms with Crippen LogP contribution in [0.2, 0.25) is 0 Å². The molecule has 0 saturated carbocycles. The highest BCUT2D eigenvalue weighted by Gasteiger charge is 2.40. The Bertz CT molecular complexity index is 1180. The van der Waals surface area contributed by atoms with Gasteiger partial charge in [-0.1, -0.05) is 29.8 Å². The number of aliphatic carboxylic acids is 1. The van der Waals surface area contributed by atoms with Gasteiger partial charge in [0.2, 0.25) is 15.9 Å². The molecule has 2 aliphatic rings. The maximum absolute atomic E-state index is 13.2. The maximum atomic E-state index is 13.2. The lowest BCUT2D eigenvalue weighted by Gasteiger charge is -2.34. The number of likely N-dealkylation sites (N-methyl/N-ethyl adjacent to an activating group) is 1. The number of hydrogen-bond acceptors (Lipinski definition) is 6. The minimum atomic E-state index is -3.87. The van der Waals surface area contributed by atoms with E-state index < -0.39 is 34.0 Å². The molecule has 0 spiro atoms. The zero-order valence-electron chi connectivity index (χ0n) is 20.8. The number of carbonyl (C=O) groups is 2. The van der Waals surface area contributed by atoms with Gasteiger partial charge in [0.1, 0.15) is 12.1 Å². The van der Waals surface area contributed by atoms with Crippen LogP contribution in [0.5, 0.6) is 0 Å². The Labute approximate surface area is 212 Å². The van der Waals surface area contributed by atoms with Crippen LogP contribution in [0.1, 0.15) is 24.0 Å². The number of aryl methyl sites for hydroxylation is 1. The van der Waals surface area contributed by atoms with Crippen LogP contribution < -0.4 is 10.2 Å². The molecule has 0 aliphatic carbocycles. The van der Waals surface area contributed by atoms with E-state index in [1.807, 2.05) is 31.2 Å². The fourth-order valence-electron chi connectivity index (χ4n) is 4.75. The molecule has 2 saturated heterocycles. The third-order valence-corrected chi connectivity index (χ3v) is 8.92. The van der Waals surface area contributed by atoms with E-state index >= 15 is 0 Å². The second kappa shape index (κ2) is 11.0. The van der Waals surface area contributed by atoms with Crippen LogP contribution in [0.4, 0.5) is 5.69 Å². The van der Waals surface area contributed by atoms with Crippen LogP contribution in [-0.2, 0) is 26.0 Å². The fourth-order valence-corrected chi connectivity index (χ4v) is 6.40. The van der Waals surface area contributed by atoms with E-state index in [0.29, 0.717) is 12.8 Å². The first kappa shape index (κ1) is 26.1. The fraction of sp³-hybridized carbons (Fsp3) is 0.462. The summed E-state index contributed by atoms with van der Waals surface area (Å²) in [5, 5.41) is 12.4. The topological polar surface area (TPSA) is 110 Å². The molecule has 2 aromatic rings. The molecule has 36 heavy (non-hydrogen) atoms. The summed E-state index contributed by atoms with van der Waals surface area (Å²) < 4.78 is 27.5. The van der Waals surface area contributed by atoms with Gasteiger partial charge in [-0.3, -0.25) is 4.79 Å². The lowest BCUT2D eigenvalue weighted by molar-refractivity contribution is -0.142. The zero-order valence-corrected chi connectivity index (χ0v) is 21.6. The van der Waals surface area contributed by atoms with Gasteiger partial charge in [0.15, 0.2) is 0 Å². The van der Waals surface area contributed by atoms with Crippen molar-refractivity contribution < 1.29 is 23.1 Å². The quantitative estimate of drug-likeness (QED) is 0.552. The molecule has 4 rings (SSSR count). The highest BCUT2D eigenvalue weighted by atomic mass is 32.2. The number of piperazine rings is 1. The van der Waals surface area contributed by atoms with Crippen molar-refractivity contribution in [1.29, 1.82) is 0 Å². The van der Waals surface area contributed by atoms with Crippen LogP contribution in [0.15, 0.2) is 53.4 Å². The van der Waals surface area contributed by atoms with E-state index in [4.69, 9.17) is 0 Å². The standard InChI is InChI=1S/C26H34N4O5S/c1-19-5-11-22(12-6-19)36(34,35)30-13-3-4-24(30)25(31)27-23(26(32)33)18-20-7-9-21(10-8-20)29-16-14-28(2)15-17-29/h5-12,23-24H,3-4,13-18H2,1-2H3,(H,27,31)(H,32,33)/t23-,24+/m0/s1. The molecule has 2 aromatic carbocycles. The van der Waals surface area contributed by atoms with Crippen molar-refractivity contribution in [2.75, 3.05) is 44.7 Å². The van der Waals surface area contributed by atoms with Gasteiger partial charge < -0.3 is 20.2 Å². The summed E-state index contributed by atoms with van der Waals surface area (Å²) in [4.78, 5) is 29.8. The van der Waals surface area contributed by atoms with E-state index in [9.17, 15) is 23.1 Å². The predicted molar refractivity (Wildman–Crippen MR) is 138 cm³/mol. The number of rotatable bonds is 8. The molecule has 10 heteroatoms. The summed E-state index contributed by atoms with van der Waals surface area (Å²) in [7, 11) is -1.77. The molecule has 9 nitrogen and oxygen atoms in total. The first-order chi connectivity index (χ1) is 17.1. The zero-order chi connectivity index (χ0) is 25.9. The SMILES string of the molecule is Cc1ccc(S(=O)(=O)N2CCC[C@@H]2C(=O)N[C@@H](Cc2ccc(N3CCN(C)CC3)cc2)C(=O)O)cc1. The molecule has 0 unspecified atom stereocenters. The Morgan fingerprint density at radius 2 is 1.64 bits per heavy atom. The highest BCUT2D eigenvalue weighted by Crippen LogP contribution is 2.27. The minimum Gasteiger partial charge on any atom is -0.480 e. The highest BCUT2D eigenvalue weighted by molar-refractivity contribution is 7.89. The van der Waals surface area contributed by atoms with Gasteiger partial charge >= 0.3 is 5.97 Å². The van der Waals surface area contributed by atoms with Crippen molar-refractivity contribution in [2.24, 2.45) is 0 Å². The third kappa shape index (κ3) is 5.88. The summed E-state index contributed by atoms with van der Waals surface area (Å²) in [6.07, 6.45) is 0.999. The van der Waals surface area contributed by atoms with Crippen LogP contribution in [0, 0.1) is 6.92 Å². The van der Waals surface area contributed by atoms with Crippen molar-refractivity contribution >= 4 is 27.6 Å². The molecule has 2 N–H and O–H groups in total. The van der Waals surface area contributed by atoms with Crippen molar-refractivity contribution in [2.45, 2.75) is 43.2 Å². The Morgan fingerprint density at radius 3 is 2.25 bits per heavy atom. The van der Waals surface area contributed by atoms with E-state index in [2.05, 4.69) is 22.2 Å². The summed E-state index contributed by atoms with van der Waals surface area (Å²) in [5.41, 5.74) is 2.81. The molecule has 0 bridgehead atoms. The average molecular weight is 515 g/mol. The molecule has 2 fully saturated rings. The lowest BCUT2D eigenvalue weighted by atomic mass is 10.0. The summed E-state index contributed by atoms with van der Waals surface area (Å²) in [5.74, 6) is -1.73. The van der Waals surface area contributed by atoms with Gasteiger partial charge in [-0.25, -0.2) is 13.2 Å². The Kier molecular flexibility index (Phi) is 7.97. The van der Waals surface area contributed by atoms with Crippen molar-refractivity contribution in [1.82, 2.24) is 14.5 Å². The largest absolute Gasteiger partial charge is 0.480 e. The number of carbonyl (C=O) groups excluding carboxylic acids is 1. The number of nitrogens with one attached hydrogen (secondary N) is 1. The average Bonchev–Trinajstić information content (AvgIpc) is 3.36. The number of carboxylic acid groups (broad SMARTS) is 1. The first-order valence-corrected chi connectivity index (χ1v) is 13.7. The van der Waals surface area contributed by atoms with Crippen molar-refractivity contribution in [3.63, 3.8) is 0 Å². The van der Waals surface area contributed by atoms with E-state index in [1.165, 1.54) is 16.4 Å². The van der Waals surface area contributed by atoms with E-state index in [0.717, 1.165) is 43.0 Å². The summed E-state index contributed by atoms with van der Waals surface area (Å²) >= 11 is 0. The number of benzene rings is 2. The number of anilines is 1. The molecule has 2 atom stereocenters. The predicted octanol–water partition coefficient (Wildman–Crippen LogP) is 1.71. The number of sulfonamides is 1. The normalized spacial score (nSPS) is 20.3. The molecule has 2 aliphatic heterocycles. The Morgan fingerprint density at radius 1 is 1.00 bits per heavy atom. The third-order valence-electron chi connectivity index (χ3n) is 6.99. The van der Waals surface area contributed by atoms with E-state index in [-0.39, 0.29) is 17.9 Å². The smallest absolute Gasteiger partial charge is 0.326 e. The number of nitrogens with zero attached hydrogens (tertiary/aromatic N) is 3. The maximum Gasteiger partial charge on any atom is 0.326 e. The lowest BCUT2D eigenvalue weighted by Crippen LogP contribution is -2.51. The molecular formula is C26H34N4O5S. The number of amides is 1. The van der Waals surface area contributed by atoms with Gasteiger partial charge in [0.25, 0.3) is 0 Å². The summed E-state index contributed by atoms with van der Waals surface area (Å²) in [6, 6.07) is 12.1. The van der Waals surface area contributed by atoms with Crippen LogP contribution in [0.3, 0.4) is 0 Å². The van der Waals surface area contributed by atoms with E-state index in [1.54, 1.807) is 12.1 Å². The van der Waals surface area contributed by atoms with Gasteiger partial charge in [-0.2, -0.15) is 4.31 Å². The molecular weight excluding hydrogens is 480 g/mol. The van der Waals surface area contributed by atoms with Gasteiger partial charge in [-0.15, -0.1) is 0 Å². The second-order valence-corrected chi connectivity index (χ2v) is 11.5. The Balaban J connectivity index is 1.42.